The van der Waals surface area contributed by atoms with Gasteiger partial charge < -0.3 is 15.2 Å². The van der Waals surface area contributed by atoms with E-state index in [-0.39, 0.29) is 6.42 Å². The highest BCUT2D eigenvalue weighted by molar-refractivity contribution is 5.66. The molecule has 2 saturated heterocycles. The van der Waals surface area contributed by atoms with E-state index in [0.29, 0.717) is 24.0 Å². The van der Waals surface area contributed by atoms with Crippen LogP contribution in [0.25, 0.3) is 0 Å². The highest BCUT2D eigenvalue weighted by atomic mass is 16.5. The quantitative estimate of drug-likeness (QED) is 0.523. The van der Waals surface area contributed by atoms with Crippen LogP contribution in [0.3, 0.4) is 0 Å². The number of carbonyl (C=O) groups is 1. The van der Waals surface area contributed by atoms with E-state index in [1.807, 2.05) is 7.05 Å². The van der Waals surface area contributed by atoms with Crippen molar-refractivity contribution < 1.29 is 14.6 Å². The molecule has 2 aliphatic heterocycles. The van der Waals surface area contributed by atoms with Crippen LogP contribution in [-0.4, -0.2) is 36.9 Å². The minimum atomic E-state index is -0.705. The molecular weight excluding hydrogens is 242 g/mol. The molecule has 4 heteroatoms. The number of nitrogens with one attached hydrogen (secondary N) is 1. The van der Waals surface area contributed by atoms with Crippen LogP contribution in [0.2, 0.25) is 0 Å². The number of carboxylic acid groups (broad SMARTS) is 1. The molecule has 0 radical (unpaired) electrons. The van der Waals surface area contributed by atoms with E-state index >= 15 is 0 Å². The molecule has 108 valence electrons. The molecule has 0 aromatic rings. The van der Waals surface area contributed by atoms with Crippen LogP contribution in [0.5, 0.6) is 0 Å². The molecule has 4 atom stereocenters. The zero-order chi connectivity index (χ0) is 13.7. The van der Waals surface area contributed by atoms with Gasteiger partial charge in [0, 0.05) is 18.9 Å². The van der Waals surface area contributed by atoms with E-state index < -0.39 is 5.97 Å². The van der Waals surface area contributed by atoms with Crippen LogP contribution in [-0.2, 0) is 9.53 Å². The first-order valence-corrected chi connectivity index (χ1v) is 7.39. The number of hydrogen-bond acceptors (Lipinski definition) is 3. The molecule has 2 N–H and O–H groups in total. The fraction of sp³-hybridized carbons (Fsp3) is 0.800. The molecule has 0 unspecified atom stereocenters. The summed E-state index contributed by atoms with van der Waals surface area (Å²) in [5.41, 5.74) is 0. The van der Waals surface area contributed by atoms with Crippen LogP contribution in [0.1, 0.15) is 38.5 Å². The lowest BCUT2D eigenvalue weighted by Crippen LogP contribution is -2.34. The minimum Gasteiger partial charge on any atom is -0.481 e. The standard InChI is InChI=1S/C15H25NO3/c1-16-10-12-11(13-8-9-14(12)19-13)6-4-2-3-5-7-15(17)18/h2,4,11-14,16H,3,5-10H2,1H3,(H,17,18)/b4-2-/t11-,12+,13-,14+/m1/s1. The van der Waals surface area contributed by atoms with E-state index in [2.05, 4.69) is 17.5 Å². The lowest BCUT2D eigenvalue weighted by molar-refractivity contribution is -0.137. The summed E-state index contributed by atoms with van der Waals surface area (Å²) in [5, 5.41) is 11.8. The maximum absolute atomic E-state index is 10.4. The van der Waals surface area contributed by atoms with Crippen LogP contribution < -0.4 is 5.32 Å². The average Bonchev–Trinajstić information content (AvgIpc) is 2.95. The van der Waals surface area contributed by atoms with Crippen molar-refractivity contribution in [2.45, 2.75) is 50.7 Å². The molecule has 0 aliphatic carbocycles. The van der Waals surface area contributed by atoms with Crippen molar-refractivity contribution in [3.8, 4) is 0 Å². The van der Waals surface area contributed by atoms with Gasteiger partial charge in [-0.15, -0.1) is 0 Å². The van der Waals surface area contributed by atoms with E-state index in [0.717, 1.165) is 25.8 Å². The van der Waals surface area contributed by atoms with Gasteiger partial charge in [0.25, 0.3) is 0 Å². The first-order valence-electron chi connectivity index (χ1n) is 7.39. The predicted octanol–water partition coefficient (Wildman–Crippen LogP) is 2.20. The lowest BCUT2D eigenvalue weighted by Gasteiger charge is -2.26. The molecule has 0 aromatic carbocycles. The van der Waals surface area contributed by atoms with Crippen molar-refractivity contribution in [1.29, 1.82) is 0 Å². The van der Waals surface area contributed by atoms with Gasteiger partial charge in [0.1, 0.15) is 0 Å². The highest BCUT2D eigenvalue weighted by Crippen LogP contribution is 2.44. The monoisotopic (exact) mass is 267 g/mol. The summed E-state index contributed by atoms with van der Waals surface area (Å²) >= 11 is 0. The summed E-state index contributed by atoms with van der Waals surface area (Å²) in [7, 11) is 2.00. The Labute approximate surface area is 115 Å². The minimum absolute atomic E-state index is 0.268. The molecule has 0 spiro atoms. The molecule has 0 aromatic heterocycles. The normalized spacial score (nSPS) is 33.3. The third-order valence-electron chi connectivity index (χ3n) is 4.37. The summed E-state index contributed by atoms with van der Waals surface area (Å²) in [6, 6.07) is 0. The summed E-state index contributed by atoms with van der Waals surface area (Å²) in [6.45, 7) is 1.04. The molecule has 4 nitrogen and oxygen atoms in total. The van der Waals surface area contributed by atoms with Gasteiger partial charge in [-0.2, -0.15) is 0 Å². The van der Waals surface area contributed by atoms with E-state index in [1.54, 1.807) is 0 Å². The Morgan fingerprint density at radius 2 is 2.05 bits per heavy atom. The van der Waals surface area contributed by atoms with Crippen molar-refractivity contribution in [2.24, 2.45) is 11.8 Å². The van der Waals surface area contributed by atoms with Gasteiger partial charge in [0.2, 0.25) is 0 Å². The first-order chi connectivity index (χ1) is 9.22. The van der Waals surface area contributed by atoms with Crippen molar-refractivity contribution in [3.63, 3.8) is 0 Å². The number of carboxylic acids is 1. The lowest BCUT2D eigenvalue weighted by atomic mass is 9.77. The largest absolute Gasteiger partial charge is 0.481 e. The molecule has 2 bridgehead atoms. The van der Waals surface area contributed by atoms with Crippen LogP contribution in [0.15, 0.2) is 12.2 Å². The van der Waals surface area contributed by atoms with Crippen molar-refractivity contribution in [3.05, 3.63) is 12.2 Å². The Balaban J connectivity index is 1.72. The number of rotatable bonds is 8. The predicted molar refractivity (Wildman–Crippen MR) is 74.0 cm³/mol. The molecule has 2 heterocycles. The number of hydrogen-bond donors (Lipinski definition) is 2. The molecule has 2 aliphatic rings. The van der Waals surface area contributed by atoms with Gasteiger partial charge in [-0.1, -0.05) is 12.2 Å². The fourth-order valence-electron chi connectivity index (χ4n) is 3.46. The number of fused-ring (bicyclic) bond motifs is 2. The summed E-state index contributed by atoms with van der Waals surface area (Å²) in [6.07, 6.45) is 10.6. The maximum Gasteiger partial charge on any atom is 0.303 e. The van der Waals surface area contributed by atoms with Gasteiger partial charge in [0.15, 0.2) is 0 Å². The number of aliphatic carboxylic acids is 1. The fourth-order valence-corrected chi connectivity index (χ4v) is 3.46. The van der Waals surface area contributed by atoms with E-state index in [9.17, 15) is 4.79 Å². The molecule has 2 rings (SSSR count). The Bertz CT molecular complexity index is 329. The molecule has 0 saturated carbocycles. The first kappa shape index (κ1) is 14.5. The van der Waals surface area contributed by atoms with Crippen LogP contribution in [0, 0.1) is 11.8 Å². The zero-order valence-electron chi connectivity index (χ0n) is 11.7. The SMILES string of the molecule is CNC[C@H]1[C@@H](C/C=C\CCCC(=O)O)[C@H]2CC[C@@H]1O2. The molecule has 0 amide bonds. The van der Waals surface area contributed by atoms with Crippen molar-refractivity contribution >= 4 is 5.97 Å². The zero-order valence-corrected chi connectivity index (χ0v) is 11.7. The third kappa shape index (κ3) is 3.80. The second-order valence-corrected chi connectivity index (χ2v) is 5.67. The molecule has 19 heavy (non-hydrogen) atoms. The average molecular weight is 267 g/mol. The van der Waals surface area contributed by atoms with Crippen LogP contribution in [0.4, 0.5) is 0 Å². The van der Waals surface area contributed by atoms with Gasteiger partial charge in [-0.25, -0.2) is 0 Å². The van der Waals surface area contributed by atoms with Crippen molar-refractivity contribution in [2.75, 3.05) is 13.6 Å². The second-order valence-electron chi connectivity index (χ2n) is 5.67. The summed E-state index contributed by atoms with van der Waals surface area (Å²) in [5.74, 6) is 0.582. The summed E-state index contributed by atoms with van der Waals surface area (Å²) < 4.78 is 6.01. The van der Waals surface area contributed by atoms with Gasteiger partial charge >= 0.3 is 5.97 Å². The maximum atomic E-state index is 10.4. The van der Waals surface area contributed by atoms with Gasteiger partial charge in [-0.05, 0) is 45.1 Å². The second kappa shape index (κ2) is 7.06. The summed E-state index contributed by atoms with van der Waals surface area (Å²) in [4.78, 5) is 10.4. The van der Waals surface area contributed by atoms with Gasteiger partial charge in [-0.3, -0.25) is 4.79 Å². The highest BCUT2D eigenvalue weighted by Gasteiger charge is 2.47. The smallest absolute Gasteiger partial charge is 0.303 e. The number of allylic oxidation sites excluding steroid dienone is 2. The number of ether oxygens (including phenoxy) is 1. The number of unbranched alkanes of at least 4 members (excludes halogenated alkanes) is 1. The van der Waals surface area contributed by atoms with E-state index in [1.165, 1.54) is 12.8 Å². The van der Waals surface area contributed by atoms with Gasteiger partial charge in [0.05, 0.1) is 12.2 Å². The van der Waals surface area contributed by atoms with Crippen LogP contribution >= 0.6 is 0 Å². The Morgan fingerprint density at radius 1 is 1.32 bits per heavy atom. The van der Waals surface area contributed by atoms with Crippen molar-refractivity contribution in [1.82, 2.24) is 5.32 Å². The Kier molecular flexibility index (Phi) is 5.40. The Hall–Kier alpha value is -0.870. The Morgan fingerprint density at radius 3 is 2.74 bits per heavy atom. The van der Waals surface area contributed by atoms with E-state index in [4.69, 9.17) is 9.84 Å². The molecular formula is C15H25NO3. The topological polar surface area (TPSA) is 58.6 Å². The third-order valence-corrected chi connectivity index (χ3v) is 4.37. The molecule has 2 fully saturated rings.